The first kappa shape index (κ1) is 11.1. The number of carboxylic acids is 1. The fraction of sp³-hybridized carbons (Fsp3) is 0.250. The molecule has 0 bridgehead atoms. The molecular weight excluding hydrogens is 250 g/mol. The SMILES string of the molecule is Cc1cc(-c2nnc(SCC(=O)O)s2)no1. The third-order valence-corrected chi connectivity index (χ3v) is 3.64. The predicted molar refractivity (Wildman–Crippen MR) is 58.5 cm³/mol. The molecule has 2 aromatic heterocycles. The van der Waals surface area contributed by atoms with Gasteiger partial charge in [0.25, 0.3) is 0 Å². The van der Waals surface area contributed by atoms with Crippen molar-refractivity contribution in [3.63, 3.8) is 0 Å². The summed E-state index contributed by atoms with van der Waals surface area (Å²) >= 11 is 2.43. The highest BCUT2D eigenvalue weighted by molar-refractivity contribution is 8.01. The van der Waals surface area contributed by atoms with Gasteiger partial charge in [-0.3, -0.25) is 4.79 Å². The highest BCUT2D eigenvalue weighted by Crippen LogP contribution is 2.28. The van der Waals surface area contributed by atoms with Crippen molar-refractivity contribution in [1.29, 1.82) is 0 Å². The zero-order valence-electron chi connectivity index (χ0n) is 8.21. The quantitative estimate of drug-likeness (QED) is 0.833. The van der Waals surface area contributed by atoms with Crippen LogP contribution in [0.2, 0.25) is 0 Å². The molecule has 0 atom stereocenters. The Morgan fingerprint density at radius 1 is 1.62 bits per heavy atom. The van der Waals surface area contributed by atoms with Crippen LogP contribution in [0.1, 0.15) is 5.76 Å². The Hall–Kier alpha value is -1.41. The molecule has 8 heteroatoms. The number of aryl methyl sites for hydroxylation is 1. The maximum absolute atomic E-state index is 10.4. The van der Waals surface area contributed by atoms with E-state index in [1.807, 2.05) is 0 Å². The van der Waals surface area contributed by atoms with Crippen LogP contribution in [0.25, 0.3) is 10.7 Å². The fourth-order valence-electron chi connectivity index (χ4n) is 0.962. The van der Waals surface area contributed by atoms with Crippen LogP contribution >= 0.6 is 23.1 Å². The lowest BCUT2D eigenvalue weighted by atomic mass is 10.4. The van der Waals surface area contributed by atoms with Gasteiger partial charge in [-0.15, -0.1) is 10.2 Å². The molecule has 0 amide bonds. The standard InChI is InChI=1S/C8H7N3O3S2/c1-4-2-5(11-14-4)7-9-10-8(16-7)15-3-6(12)13/h2H,3H2,1H3,(H,12,13). The molecule has 1 N–H and O–H groups in total. The summed E-state index contributed by atoms with van der Waals surface area (Å²) in [6.07, 6.45) is 0. The minimum Gasteiger partial charge on any atom is -0.481 e. The zero-order valence-corrected chi connectivity index (χ0v) is 9.84. The summed E-state index contributed by atoms with van der Waals surface area (Å²) < 4.78 is 5.52. The molecule has 2 rings (SSSR count). The zero-order chi connectivity index (χ0) is 11.5. The monoisotopic (exact) mass is 257 g/mol. The van der Waals surface area contributed by atoms with E-state index in [4.69, 9.17) is 9.63 Å². The van der Waals surface area contributed by atoms with Crippen LogP contribution in [0, 0.1) is 6.92 Å². The highest BCUT2D eigenvalue weighted by atomic mass is 32.2. The fourth-order valence-corrected chi connectivity index (χ4v) is 2.49. The molecule has 0 aliphatic carbocycles. The maximum atomic E-state index is 10.4. The van der Waals surface area contributed by atoms with Gasteiger partial charge in [0.15, 0.2) is 9.35 Å². The van der Waals surface area contributed by atoms with Gasteiger partial charge >= 0.3 is 5.97 Å². The van der Waals surface area contributed by atoms with Gasteiger partial charge in [-0.25, -0.2) is 0 Å². The molecule has 0 radical (unpaired) electrons. The van der Waals surface area contributed by atoms with Gasteiger partial charge in [0, 0.05) is 6.07 Å². The van der Waals surface area contributed by atoms with Crippen molar-refractivity contribution in [2.45, 2.75) is 11.3 Å². The summed E-state index contributed by atoms with van der Waals surface area (Å²) in [5.41, 5.74) is 0.622. The third kappa shape index (κ3) is 2.58. The van der Waals surface area contributed by atoms with Crippen molar-refractivity contribution in [2.24, 2.45) is 0 Å². The first-order valence-corrected chi connectivity index (χ1v) is 6.07. The van der Waals surface area contributed by atoms with E-state index >= 15 is 0 Å². The number of aliphatic carboxylic acids is 1. The Kier molecular flexibility index (Phi) is 3.20. The Balaban J connectivity index is 2.10. The lowest BCUT2D eigenvalue weighted by molar-refractivity contribution is -0.133. The van der Waals surface area contributed by atoms with Crippen molar-refractivity contribution in [1.82, 2.24) is 15.4 Å². The summed E-state index contributed by atoms with van der Waals surface area (Å²) in [5.74, 6) is -0.198. The van der Waals surface area contributed by atoms with E-state index in [2.05, 4.69) is 15.4 Å². The van der Waals surface area contributed by atoms with Crippen molar-refractivity contribution < 1.29 is 14.4 Å². The van der Waals surface area contributed by atoms with Gasteiger partial charge in [0.2, 0.25) is 0 Å². The van der Waals surface area contributed by atoms with E-state index in [1.165, 1.54) is 11.3 Å². The van der Waals surface area contributed by atoms with Gasteiger partial charge < -0.3 is 9.63 Å². The second-order valence-electron chi connectivity index (χ2n) is 2.88. The van der Waals surface area contributed by atoms with E-state index in [9.17, 15) is 4.79 Å². The van der Waals surface area contributed by atoms with Crippen LogP contribution in [0.15, 0.2) is 14.9 Å². The van der Waals surface area contributed by atoms with Gasteiger partial charge in [-0.05, 0) is 6.92 Å². The molecule has 84 valence electrons. The summed E-state index contributed by atoms with van der Waals surface area (Å²) in [4.78, 5) is 10.4. The van der Waals surface area contributed by atoms with E-state index in [1.54, 1.807) is 13.0 Å². The van der Waals surface area contributed by atoms with E-state index in [-0.39, 0.29) is 5.75 Å². The Labute approximate surface area is 98.7 Å². The lowest BCUT2D eigenvalue weighted by Gasteiger charge is -1.87. The number of carbonyl (C=O) groups is 1. The molecule has 6 nitrogen and oxygen atoms in total. The van der Waals surface area contributed by atoms with Gasteiger partial charge in [-0.1, -0.05) is 28.3 Å². The Morgan fingerprint density at radius 2 is 2.44 bits per heavy atom. The van der Waals surface area contributed by atoms with Crippen LogP contribution < -0.4 is 0 Å². The molecular formula is C8H7N3O3S2. The summed E-state index contributed by atoms with van der Waals surface area (Å²) in [6, 6.07) is 1.76. The molecule has 16 heavy (non-hydrogen) atoms. The number of rotatable bonds is 4. The molecule has 0 aliphatic rings. The number of aromatic nitrogens is 3. The normalized spacial score (nSPS) is 10.6. The average molecular weight is 257 g/mol. The summed E-state index contributed by atoms with van der Waals surface area (Å²) in [5, 5.41) is 20.7. The first-order valence-electron chi connectivity index (χ1n) is 4.27. The molecule has 0 spiro atoms. The summed E-state index contributed by atoms with van der Waals surface area (Å²) in [7, 11) is 0. The van der Waals surface area contributed by atoms with Crippen LogP contribution in [0.3, 0.4) is 0 Å². The second kappa shape index (κ2) is 4.62. The molecule has 0 saturated carbocycles. The van der Waals surface area contributed by atoms with E-state index in [0.29, 0.717) is 20.8 Å². The number of carboxylic acid groups (broad SMARTS) is 1. The molecule has 2 aromatic rings. The van der Waals surface area contributed by atoms with Gasteiger partial charge in [-0.2, -0.15) is 0 Å². The minimum atomic E-state index is -0.876. The van der Waals surface area contributed by atoms with Crippen molar-refractivity contribution in [2.75, 3.05) is 5.75 Å². The number of hydrogen-bond donors (Lipinski definition) is 1. The lowest BCUT2D eigenvalue weighted by Crippen LogP contribution is -1.96. The Morgan fingerprint density at radius 3 is 3.06 bits per heavy atom. The molecule has 0 aromatic carbocycles. The predicted octanol–water partition coefficient (Wildman–Crippen LogP) is 1.68. The molecule has 0 fully saturated rings. The molecule has 0 saturated heterocycles. The van der Waals surface area contributed by atoms with Crippen molar-refractivity contribution >= 4 is 29.1 Å². The molecule has 0 aliphatic heterocycles. The average Bonchev–Trinajstić information content (AvgIpc) is 2.83. The number of nitrogens with zero attached hydrogens (tertiary/aromatic N) is 3. The summed E-state index contributed by atoms with van der Waals surface area (Å²) in [6.45, 7) is 1.79. The molecule has 0 unspecified atom stereocenters. The van der Waals surface area contributed by atoms with Crippen LogP contribution in [-0.4, -0.2) is 32.2 Å². The smallest absolute Gasteiger partial charge is 0.313 e. The van der Waals surface area contributed by atoms with E-state index < -0.39 is 5.97 Å². The topological polar surface area (TPSA) is 89.1 Å². The van der Waals surface area contributed by atoms with Gasteiger partial charge in [0.1, 0.15) is 11.5 Å². The minimum absolute atomic E-state index is 0.0214. The first-order chi connectivity index (χ1) is 7.65. The van der Waals surface area contributed by atoms with Crippen molar-refractivity contribution in [3.05, 3.63) is 11.8 Å². The van der Waals surface area contributed by atoms with Crippen LogP contribution in [0.4, 0.5) is 0 Å². The van der Waals surface area contributed by atoms with Crippen LogP contribution in [0.5, 0.6) is 0 Å². The molecule has 2 heterocycles. The van der Waals surface area contributed by atoms with Gasteiger partial charge in [0.05, 0.1) is 5.75 Å². The largest absolute Gasteiger partial charge is 0.481 e. The Bertz CT molecular complexity index is 508. The van der Waals surface area contributed by atoms with E-state index in [0.717, 1.165) is 11.8 Å². The third-order valence-electron chi connectivity index (χ3n) is 1.57. The number of thioether (sulfide) groups is 1. The second-order valence-corrected chi connectivity index (χ2v) is 5.08. The van der Waals surface area contributed by atoms with Crippen LogP contribution in [-0.2, 0) is 4.79 Å². The number of hydrogen-bond acceptors (Lipinski definition) is 7. The highest BCUT2D eigenvalue weighted by Gasteiger charge is 2.11. The maximum Gasteiger partial charge on any atom is 0.313 e. The van der Waals surface area contributed by atoms with Crippen molar-refractivity contribution in [3.8, 4) is 10.7 Å².